The van der Waals surface area contributed by atoms with Crippen molar-refractivity contribution in [2.75, 3.05) is 0 Å². The molecule has 1 aliphatic heterocycles. The van der Waals surface area contributed by atoms with Crippen LogP contribution in [0.3, 0.4) is 0 Å². The molecule has 0 bridgehead atoms. The molecule has 2 nitrogen and oxygen atoms in total. The van der Waals surface area contributed by atoms with Crippen molar-refractivity contribution in [1.29, 1.82) is 0 Å². The van der Waals surface area contributed by atoms with Gasteiger partial charge in [0, 0.05) is 12.0 Å². The van der Waals surface area contributed by atoms with Crippen LogP contribution in [0.2, 0.25) is 0 Å². The number of aromatic hydroxyl groups is 1. The highest BCUT2D eigenvalue weighted by Crippen LogP contribution is 2.43. The molecule has 0 saturated heterocycles. The number of phenols is 1. The second-order valence-corrected chi connectivity index (χ2v) is 7.04. The second-order valence-electron chi connectivity index (χ2n) is 6.09. The van der Waals surface area contributed by atoms with Crippen molar-refractivity contribution in [3.8, 4) is 23.3 Å². The van der Waals surface area contributed by atoms with Crippen molar-refractivity contribution in [3.63, 3.8) is 0 Å². The van der Waals surface area contributed by atoms with Crippen LogP contribution in [0.1, 0.15) is 40.5 Å². The summed E-state index contributed by atoms with van der Waals surface area (Å²) in [7, 11) is 0. The first-order valence-corrected chi connectivity index (χ1v) is 8.36. The second kappa shape index (κ2) is 5.37. The van der Waals surface area contributed by atoms with E-state index in [1.54, 1.807) is 11.3 Å². The molecular weight excluding hydrogens is 292 g/mol. The molecule has 3 heteroatoms. The number of rotatable bonds is 0. The van der Waals surface area contributed by atoms with E-state index in [4.69, 9.17) is 4.74 Å². The minimum absolute atomic E-state index is 0.396. The minimum Gasteiger partial charge on any atom is -0.507 e. The molecule has 1 N–H and O–H groups in total. The molecule has 0 amide bonds. The fourth-order valence-corrected chi connectivity index (χ4v) is 3.45. The normalized spacial score (nSPS) is 19.8. The van der Waals surface area contributed by atoms with Crippen molar-refractivity contribution in [1.82, 2.24) is 0 Å². The highest BCUT2D eigenvalue weighted by Gasteiger charge is 2.33. The number of hydrogen-bond donors (Lipinski definition) is 1. The van der Waals surface area contributed by atoms with E-state index in [2.05, 4.69) is 11.8 Å². The lowest BCUT2D eigenvalue weighted by Gasteiger charge is -2.34. The van der Waals surface area contributed by atoms with Crippen LogP contribution in [0.5, 0.6) is 11.5 Å². The molecule has 3 rings (SSSR count). The Labute approximate surface area is 135 Å². The number of fused-ring (bicyclic) bond motifs is 1. The quantitative estimate of drug-likeness (QED) is 0.725. The summed E-state index contributed by atoms with van der Waals surface area (Å²) < 4.78 is 6.29. The largest absolute Gasteiger partial charge is 0.507 e. The van der Waals surface area contributed by atoms with Gasteiger partial charge >= 0.3 is 0 Å². The molecule has 1 aliphatic rings. The molecular formula is C19H20O2S. The van der Waals surface area contributed by atoms with Crippen molar-refractivity contribution >= 4 is 11.3 Å². The Morgan fingerprint density at radius 2 is 2.00 bits per heavy atom. The molecule has 1 aromatic carbocycles. The molecule has 1 atom stereocenters. The Hall–Kier alpha value is -1.92. The zero-order chi connectivity index (χ0) is 15.9. The van der Waals surface area contributed by atoms with E-state index in [1.165, 1.54) is 0 Å². The van der Waals surface area contributed by atoms with E-state index in [-0.39, 0.29) is 0 Å². The molecule has 0 saturated carbocycles. The van der Waals surface area contributed by atoms with Crippen LogP contribution in [0.15, 0.2) is 17.5 Å². The Morgan fingerprint density at radius 1 is 1.23 bits per heavy atom. The number of phenolic OH excluding ortho intramolecular Hbond substituents is 1. The van der Waals surface area contributed by atoms with E-state index < -0.39 is 5.60 Å². The average Bonchev–Trinajstić information content (AvgIpc) is 3.02. The summed E-state index contributed by atoms with van der Waals surface area (Å²) in [5, 5.41) is 12.3. The van der Waals surface area contributed by atoms with Gasteiger partial charge in [0.05, 0.1) is 4.88 Å². The molecule has 0 radical (unpaired) electrons. The predicted molar refractivity (Wildman–Crippen MR) is 90.9 cm³/mol. The molecule has 1 aromatic heterocycles. The van der Waals surface area contributed by atoms with Crippen LogP contribution < -0.4 is 4.74 Å². The molecule has 2 aromatic rings. The highest BCUT2D eigenvalue weighted by atomic mass is 32.1. The molecule has 114 valence electrons. The van der Waals surface area contributed by atoms with Crippen LogP contribution in [0, 0.1) is 32.6 Å². The van der Waals surface area contributed by atoms with Gasteiger partial charge < -0.3 is 9.84 Å². The van der Waals surface area contributed by atoms with Crippen molar-refractivity contribution in [2.24, 2.45) is 0 Å². The van der Waals surface area contributed by atoms with Gasteiger partial charge in [0.2, 0.25) is 0 Å². The SMILES string of the molecule is Cc1c(C)c2c(c(C)c1O)CCC(C)(C#Cc1cccs1)O2. The van der Waals surface area contributed by atoms with E-state index in [1.807, 2.05) is 45.2 Å². The minimum atomic E-state index is -0.475. The smallest absolute Gasteiger partial charge is 0.167 e. The van der Waals surface area contributed by atoms with Crippen LogP contribution >= 0.6 is 11.3 Å². The van der Waals surface area contributed by atoms with Crippen LogP contribution in [0.4, 0.5) is 0 Å². The molecule has 2 heterocycles. The van der Waals surface area contributed by atoms with Crippen LogP contribution in [-0.4, -0.2) is 10.7 Å². The lowest BCUT2D eigenvalue weighted by molar-refractivity contribution is 0.122. The monoisotopic (exact) mass is 312 g/mol. The van der Waals surface area contributed by atoms with Gasteiger partial charge in [-0.1, -0.05) is 12.0 Å². The Morgan fingerprint density at radius 3 is 2.68 bits per heavy atom. The maximum atomic E-state index is 10.2. The summed E-state index contributed by atoms with van der Waals surface area (Å²) in [5.74, 6) is 7.82. The lowest BCUT2D eigenvalue weighted by Crippen LogP contribution is -2.35. The highest BCUT2D eigenvalue weighted by molar-refractivity contribution is 7.10. The Kier molecular flexibility index (Phi) is 3.66. The van der Waals surface area contributed by atoms with Gasteiger partial charge in [-0.25, -0.2) is 0 Å². The topological polar surface area (TPSA) is 29.5 Å². The van der Waals surface area contributed by atoms with E-state index in [9.17, 15) is 5.11 Å². The fourth-order valence-electron chi connectivity index (χ4n) is 2.88. The summed E-state index contributed by atoms with van der Waals surface area (Å²) in [6.45, 7) is 7.95. The average molecular weight is 312 g/mol. The van der Waals surface area contributed by atoms with Gasteiger partial charge in [-0.05, 0) is 68.2 Å². The van der Waals surface area contributed by atoms with Crippen LogP contribution in [0.25, 0.3) is 0 Å². The third-order valence-corrected chi connectivity index (χ3v) is 5.28. The first-order valence-electron chi connectivity index (χ1n) is 7.48. The van der Waals surface area contributed by atoms with E-state index in [0.717, 1.165) is 45.7 Å². The molecule has 0 fully saturated rings. The van der Waals surface area contributed by atoms with Gasteiger partial charge in [-0.3, -0.25) is 0 Å². The lowest BCUT2D eigenvalue weighted by atomic mass is 9.87. The summed E-state index contributed by atoms with van der Waals surface area (Å²) in [6, 6.07) is 4.03. The summed E-state index contributed by atoms with van der Waals surface area (Å²) >= 11 is 1.64. The maximum absolute atomic E-state index is 10.2. The fraction of sp³-hybridized carbons (Fsp3) is 0.368. The number of thiophene rings is 1. The summed E-state index contributed by atoms with van der Waals surface area (Å²) in [5.41, 5.74) is 3.49. The number of benzene rings is 1. The van der Waals surface area contributed by atoms with E-state index >= 15 is 0 Å². The Bertz CT molecular complexity index is 778. The standard InChI is InChI=1S/C19H20O2S/c1-12-13(2)18-16(14(3)17(12)20)8-10-19(4,21-18)9-7-15-6-5-11-22-15/h5-6,11,20H,8,10H2,1-4H3. The zero-order valence-corrected chi connectivity index (χ0v) is 14.2. The third-order valence-electron chi connectivity index (χ3n) is 4.49. The zero-order valence-electron chi connectivity index (χ0n) is 13.4. The van der Waals surface area contributed by atoms with E-state index in [0.29, 0.717) is 5.75 Å². The molecule has 0 aliphatic carbocycles. The summed E-state index contributed by atoms with van der Waals surface area (Å²) in [4.78, 5) is 1.06. The predicted octanol–water partition coefficient (Wildman–Crippen LogP) is 4.51. The van der Waals surface area contributed by atoms with Crippen molar-refractivity contribution < 1.29 is 9.84 Å². The van der Waals surface area contributed by atoms with Crippen LogP contribution in [-0.2, 0) is 6.42 Å². The molecule has 22 heavy (non-hydrogen) atoms. The summed E-state index contributed by atoms with van der Waals surface area (Å²) in [6.07, 6.45) is 1.71. The van der Waals surface area contributed by atoms with Gasteiger partial charge in [0.25, 0.3) is 0 Å². The maximum Gasteiger partial charge on any atom is 0.167 e. The van der Waals surface area contributed by atoms with Gasteiger partial charge in [0.1, 0.15) is 11.5 Å². The van der Waals surface area contributed by atoms with Crippen molar-refractivity contribution in [3.05, 3.63) is 44.6 Å². The molecule has 1 unspecified atom stereocenters. The third kappa shape index (κ3) is 2.48. The number of ether oxygens (including phenoxy) is 1. The molecule has 0 spiro atoms. The first kappa shape index (κ1) is 15.0. The first-order chi connectivity index (χ1) is 10.4. The Balaban J connectivity index is 2.00. The van der Waals surface area contributed by atoms with Gasteiger partial charge in [-0.15, -0.1) is 11.3 Å². The number of hydrogen-bond acceptors (Lipinski definition) is 3. The van der Waals surface area contributed by atoms with Gasteiger partial charge in [-0.2, -0.15) is 0 Å². The van der Waals surface area contributed by atoms with Gasteiger partial charge in [0.15, 0.2) is 5.60 Å². The van der Waals surface area contributed by atoms with Crippen molar-refractivity contribution in [2.45, 2.75) is 46.1 Å².